The molecule has 18 heavy (non-hydrogen) atoms. The van der Waals surface area contributed by atoms with Crippen LogP contribution in [0.15, 0.2) is 29.6 Å². The van der Waals surface area contributed by atoms with Crippen LogP contribution in [0.1, 0.15) is 29.3 Å². The third-order valence-corrected chi connectivity index (χ3v) is 4.96. The largest absolute Gasteiger partial charge is 0.376 e. The molecular formula is C14H13Cl2NS. The fourth-order valence-corrected chi connectivity index (χ4v) is 3.94. The van der Waals surface area contributed by atoms with Crippen LogP contribution in [0.3, 0.4) is 0 Å². The third kappa shape index (κ3) is 2.25. The van der Waals surface area contributed by atoms with Gasteiger partial charge in [-0.1, -0.05) is 29.3 Å². The van der Waals surface area contributed by atoms with Gasteiger partial charge in [0.1, 0.15) is 0 Å². The lowest BCUT2D eigenvalue weighted by molar-refractivity contribution is 0.609. The average molecular weight is 298 g/mol. The lowest BCUT2D eigenvalue weighted by Gasteiger charge is -2.25. The molecule has 3 rings (SSSR count). The monoisotopic (exact) mass is 297 g/mol. The van der Waals surface area contributed by atoms with Crippen LogP contribution in [-0.4, -0.2) is 0 Å². The molecule has 1 heterocycles. The second-order valence-corrected chi connectivity index (χ2v) is 6.30. The van der Waals surface area contributed by atoms with Crippen LogP contribution < -0.4 is 5.32 Å². The standard InChI is InChI=1S/C14H13Cl2NS/c15-10-3-1-4-11(16)14(10)17-12-5-2-6-13-9(12)7-8-18-13/h1,3-4,7-8,12,17H,2,5-6H2. The van der Waals surface area contributed by atoms with Gasteiger partial charge in [0.25, 0.3) is 0 Å². The Morgan fingerprint density at radius 2 is 1.94 bits per heavy atom. The minimum absolute atomic E-state index is 0.331. The molecule has 1 atom stereocenters. The Morgan fingerprint density at radius 1 is 1.17 bits per heavy atom. The topological polar surface area (TPSA) is 12.0 Å². The summed E-state index contributed by atoms with van der Waals surface area (Å²) in [5, 5.41) is 7.04. The van der Waals surface area contributed by atoms with Gasteiger partial charge in [-0.25, -0.2) is 0 Å². The summed E-state index contributed by atoms with van der Waals surface area (Å²) in [5.74, 6) is 0. The molecule has 94 valence electrons. The summed E-state index contributed by atoms with van der Waals surface area (Å²) >= 11 is 14.3. The first-order chi connectivity index (χ1) is 8.75. The van der Waals surface area contributed by atoms with Crippen molar-refractivity contribution in [2.45, 2.75) is 25.3 Å². The smallest absolute Gasteiger partial charge is 0.0723 e. The van der Waals surface area contributed by atoms with E-state index in [1.54, 1.807) is 0 Å². The molecule has 0 aliphatic heterocycles. The molecule has 1 aliphatic carbocycles. The van der Waals surface area contributed by atoms with Gasteiger partial charge in [-0.05, 0) is 48.4 Å². The Balaban J connectivity index is 1.91. The van der Waals surface area contributed by atoms with E-state index in [0.29, 0.717) is 16.1 Å². The first kappa shape index (κ1) is 12.3. The predicted octanol–water partition coefficient (Wildman–Crippen LogP) is 5.54. The molecule has 1 aromatic carbocycles. The maximum absolute atomic E-state index is 6.21. The van der Waals surface area contributed by atoms with Crippen molar-refractivity contribution in [1.82, 2.24) is 0 Å². The van der Waals surface area contributed by atoms with E-state index in [-0.39, 0.29) is 0 Å². The summed E-state index contributed by atoms with van der Waals surface area (Å²) in [6, 6.07) is 8.14. The quantitative estimate of drug-likeness (QED) is 0.767. The molecule has 4 heteroatoms. The van der Waals surface area contributed by atoms with Crippen molar-refractivity contribution in [3.05, 3.63) is 50.1 Å². The summed E-state index contributed by atoms with van der Waals surface area (Å²) in [4.78, 5) is 1.49. The van der Waals surface area contributed by atoms with Crippen molar-refractivity contribution in [3.63, 3.8) is 0 Å². The van der Waals surface area contributed by atoms with E-state index in [0.717, 1.165) is 12.1 Å². The Bertz CT molecular complexity index is 544. The van der Waals surface area contributed by atoms with Crippen LogP contribution in [0.4, 0.5) is 5.69 Å². The Morgan fingerprint density at radius 3 is 2.72 bits per heavy atom. The number of benzene rings is 1. The highest BCUT2D eigenvalue weighted by molar-refractivity contribution is 7.10. The second kappa shape index (κ2) is 5.12. The van der Waals surface area contributed by atoms with Crippen LogP contribution in [0.25, 0.3) is 0 Å². The minimum Gasteiger partial charge on any atom is -0.376 e. The maximum atomic E-state index is 6.21. The molecular weight excluding hydrogens is 285 g/mol. The van der Waals surface area contributed by atoms with E-state index < -0.39 is 0 Å². The molecule has 1 nitrogen and oxygen atoms in total. The number of rotatable bonds is 2. The van der Waals surface area contributed by atoms with Gasteiger partial charge in [-0.3, -0.25) is 0 Å². The van der Waals surface area contributed by atoms with E-state index in [1.807, 2.05) is 29.5 Å². The summed E-state index contributed by atoms with van der Waals surface area (Å²) in [7, 11) is 0. The number of para-hydroxylation sites is 1. The molecule has 0 saturated heterocycles. The average Bonchev–Trinajstić information content (AvgIpc) is 2.83. The van der Waals surface area contributed by atoms with Crippen molar-refractivity contribution in [2.75, 3.05) is 5.32 Å². The van der Waals surface area contributed by atoms with Gasteiger partial charge < -0.3 is 5.32 Å². The summed E-state index contributed by atoms with van der Waals surface area (Å²) < 4.78 is 0. The Labute approximate surface area is 121 Å². The zero-order valence-electron chi connectivity index (χ0n) is 9.75. The van der Waals surface area contributed by atoms with Gasteiger partial charge in [-0.2, -0.15) is 0 Å². The van der Waals surface area contributed by atoms with E-state index in [4.69, 9.17) is 23.2 Å². The van der Waals surface area contributed by atoms with Crippen molar-refractivity contribution in [1.29, 1.82) is 0 Å². The maximum Gasteiger partial charge on any atom is 0.0723 e. The van der Waals surface area contributed by atoms with Crippen molar-refractivity contribution >= 4 is 40.2 Å². The number of nitrogens with one attached hydrogen (secondary N) is 1. The lowest BCUT2D eigenvalue weighted by atomic mass is 9.94. The summed E-state index contributed by atoms with van der Waals surface area (Å²) in [6.45, 7) is 0. The molecule has 1 aliphatic rings. The van der Waals surface area contributed by atoms with Gasteiger partial charge in [0.15, 0.2) is 0 Å². The molecule has 1 N–H and O–H groups in total. The number of hydrogen-bond donors (Lipinski definition) is 1. The van der Waals surface area contributed by atoms with Crippen molar-refractivity contribution in [3.8, 4) is 0 Å². The first-order valence-corrected chi connectivity index (χ1v) is 7.66. The molecule has 0 saturated carbocycles. The molecule has 0 radical (unpaired) electrons. The molecule has 1 unspecified atom stereocenters. The van der Waals surface area contributed by atoms with Gasteiger partial charge in [0, 0.05) is 4.88 Å². The van der Waals surface area contributed by atoms with Crippen LogP contribution in [0, 0.1) is 0 Å². The van der Waals surface area contributed by atoms with Gasteiger partial charge >= 0.3 is 0 Å². The van der Waals surface area contributed by atoms with Gasteiger partial charge in [-0.15, -0.1) is 11.3 Å². The molecule has 0 spiro atoms. The minimum atomic E-state index is 0.331. The van der Waals surface area contributed by atoms with E-state index in [9.17, 15) is 0 Å². The third-order valence-electron chi connectivity index (χ3n) is 3.33. The zero-order valence-corrected chi connectivity index (χ0v) is 12.1. The summed E-state index contributed by atoms with van der Waals surface area (Å²) in [5.41, 5.74) is 2.26. The van der Waals surface area contributed by atoms with E-state index in [2.05, 4.69) is 16.8 Å². The van der Waals surface area contributed by atoms with Crippen LogP contribution in [-0.2, 0) is 6.42 Å². The van der Waals surface area contributed by atoms with Crippen LogP contribution >= 0.6 is 34.5 Å². The normalized spacial score (nSPS) is 18.4. The Kier molecular flexibility index (Phi) is 3.51. The highest BCUT2D eigenvalue weighted by Gasteiger charge is 2.22. The molecule has 0 bridgehead atoms. The van der Waals surface area contributed by atoms with Crippen molar-refractivity contribution < 1.29 is 0 Å². The fourth-order valence-electron chi connectivity index (χ4n) is 2.45. The molecule has 0 fully saturated rings. The molecule has 0 amide bonds. The van der Waals surface area contributed by atoms with E-state index >= 15 is 0 Å². The van der Waals surface area contributed by atoms with Crippen LogP contribution in [0.5, 0.6) is 0 Å². The first-order valence-electron chi connectivity index (χ1n) is 6.02. The van der Waals surface area contributed by atoms with E-state index in [1.165, 1.54) is 23.3 Å². The van der Waals surface area contributed by atoms with Crippen LogP contribution in [0.2, 0.25) is 10.0 Å². The SMILES string of the molecule is Clc1cccc(Cl)c1NC1CCCc2sccc21. The molecule has 2 aromatic rings. The van der Waals surface area contributed by atoms with Crippen molar-refractivity contribution in [2.24, 2.45) is 0 Å². The number of aryl methyl sites for hydroxylation is 1. The van der Waals surface area contributed by atoms with Gasteiger partial charge in [0.2, 0.25) is 0 Å². The number of hydrogen-bond acceptors (Lipinski definition) is 2. The number of anilines is 1. The summed E-state index contributed by atoms with van der Waals surface area (Å²) in [6.07, 6.45) is 3.54. The number of fused-ring (bicyclic) bond motifs is 1. The highest BCUT2D eigenvalue weighted by atomic mass is 35.5. The highest BCUT2D eigenvalue weighted by Crippen LogP contribution is 2.39. The second-order valence-electron chi connectivity index (χ2n) is 4.48. The number of thiophene rings is 1. The fraction of sp³-hybridized carbons (Fsp3) is 0.286. The molecule has 1 aromatic heterocycles. The number of halogens is 2. The predicted molar refractivity (Wildman–Crippen MR) is 80.1 cm³/mol. The Hall–Kier alpha value is -0.700. The van der Waals surface area contributed by atoms with Gasteiger partial charge in [0.05, 0.1) is 21.8 Å². The zero-order chi connectivity index (χ0) is 12.5. The lowest BCUT2D eigenvalue weighted by Crippen LogP contribution is -2.16.